The van der Waals surface area contributed by atoms with Gasteiger partial charge in [-0.15, -0.1) is 0 Å². The molecule has 2 rings (SSSR count). The first kappa shape index (κ1) is 13.3. The molecule has 2 aromatic rings. The molecule has 0 radical (unpaired) electrons. The number of hydrogen-bond acceptors (Lipinski definition) is 2. The maximum absolute atomic E-state index is 13.2. The Hall–Kier alpha value is -2.10. The Morgan fingerprint density at radius 2 is 1.79 bits per heavy atom. The molecule has 0 aliphatic carbocycles. The quantitative estimate of drug-likeness (QED) is 0.809. The van der Waals surface area contributed by atoms with Crippen LogP contribution in [0.5, 0.6) is 5.75 Å². The van der Waals surface area contributed by atoms with Crippen molar-refractivity contribution in [3.63, 3.8) is 0 Å². The van der Waals surface area contributed by atoms with Crippen molar-refractivity contribution in [3.8, 4) is 5.75 Å². The van der Waals surface area contributed by atoms with Crippen LogP contribution in [0.4, 0.5) is 14.5 Å². The summed E-state index contributed by atoms with van der Waals surface area (Å²) in [4.78, 5) is 0. The van der Waals surface area contributed by atoms with Gasteiger partial charge in [0.1, 0.15) is 5.82 Å². The van der Waals surface area contributed by atoms with Gasteiger partial charge in [0.05, 0.1) is 6.04 Å². The van der Waals surface area contributed by atoms with E-state index in [2.05, 4.69) is 5.32 Å². The van der Waals surface area contributed by atoms with Crippen molar-refractivity contribution < 1.29 is 13.9 Å². The Balaban J connectivity index is 2.18. The van der Waals surface area contributed by atoms with Crippen LogP contribution in [0.2, 0.25) is 0 Å². The average Bonchev–Trinajstić information content (AvgIpc) is 2.41. The van der Waals surface area contributed by atoms with Gasteiger partial charge in [-0.05, 0) is 36.2 Å². The minimum Gasteiger partial charge on any atom is -0.505 e. The molecule has 0 saturated heterocycles. The number of phenols is 1. The van der Waals surface area contributed by atoms with Gasteiger partial charge < -0.3 is 10.4 Å². The van der Waals surface area contributed by atoms with Crippen LogP contribution >= 0.6 is 0 Å². The summed E-state index contributed by atoms with van der Waals surface area (Å²) < 4.78 is 26.1. The Morgan fingerprint density at radius 3 is 2.37 bits per heavy atom. The van der Waals surface area contributed by atoms with Gasteiger partial charge in [0, 0.05) is 11.8 Å². The second-order valence-corrected chi connectivity index (χ2v) is 4.32. The lowest BCUT2D eigenvalue weighted by Gasteiger charge is -2.19. The van der Waals surface area contributed by atoms with Crippen LogP contribution in [-0.2, 0) is 0 Å². The topological polar surface area (TPSA) is 32.3 Å². The van der Waals surface area contributed by atoms with Gasteiger partial charge in [0.2, 0.25) is 0 Å². The summed E-state index contributed by atoms with van der Waals surface area (Å²) in [6, 6.07) is 10.3. The molecule has 0 aliphatic rings. The van der Waals surface area contributed by atoms with E-state index in [1.807, 2.05) is 6.92 Å². The standard InChI is InChI=1S/C15H15F2NO/c1-2-14(10-3-5-11(16)6-4-10)18-12-7-8-15(19)13(17)9-12/h3-9,14,18-19H,2H2,1H3. The van der Waals surface area contributed by atoms with Gasteiger partial charge in [-0.3, -0.25) is 0 Å². The molecule has 2 nitrogen and oxygen atoms in total. The van der Waals surface area contributed by atoms with Gasteiger partial charge in [-0.2, -0.15) is 0 Å². The fourth-order valence-corrected chi connectivity index (χ4v) is 1.91. The molecule has 0 aliphatic heterocycles. The van der Waals surface area contributed by atoms with Crippen LogP contribution in [0.1, 0.15) is 24.9 Å². The van der Waals surface area contributed by atoms with E-state index in [9.17, 15) is 8.78 Å². The van der Waals surface area contributed by atoms with Crippen molar-refractivity contribution in [1.82, 2.24) is 0 Å². The molecule has 4 heteroatoms. The molecule has 0 spiro atoms. The predicted molar refractivity (Wildman–Crippen MR) is 71.1 cm³/mol. The summed E-state index contributed by atoms with van der Waals surface area (Å²) in [7, 11) is 0. The number of hydrogen-bond donors (Lipinski definition) is 2. The lowest BCUT2D eigenvalue weighted by molar-refractivity contribution is 0.432. The molecular formula is C15H15F2NO. The van der Waals surface area contributed by atoms with Crippen molar-refractivity contribution in [2.75, 3.05) is 5.32 Å². The monoisotopic (exact) mass is 263 g/mol. The first-order valence-corrected chi connectivity index (χ1v) is 6.10. The lowest BCUT2D eigenvalue weighted by Crippen LogP contribution is -2.09. The van der Waals surface area contributed by atoms with Gasteiger partial charge in [-0.1, -0.05) is 19.1 Å². The third-order valence-corrected chi connectivity index (χ3v) is 2.97. The first-order chi connectivity index (χ1) is 9.10. The Morgan fingerprint density at radius 1 is 1.11 bits per heavy atom. The molecule has 1 atom stereocenters. The van der Waals surface area contributed by atoms with Gasteiger partial charge in [0.25, 0.3) is 0 Å². The first-order valence-electron chi connectivity index (χ1n) is 6.10. The zero-order valence-electron chi connectivity index (χ0n) is 10.5. The smallest absolute Gasteiger partial charge is 0.166 e. The Labute approximate surface area is 110 Å². The highest BCUT2D eigenvalue weighted by Gasteiger charge is 2.10. The second-order valence-electron chi connectivity index (χ2n) is 4.32. The van der Waals surface area contributed by atoms with Gasteiger partial charge in [-0.25, -0.2) is 8.78 Å². The van der Waals surface area contributed by atoms with Crippen molar-refractivity contribution in [2.24, 2.45) is 0 Å². The Bertz CT molecular complexity index is 555. The van der Waals surface area contributed by atoms with Crippen LogP contribution in [0, 0.1) is 11.6 Å². The fraction of sp³-hybridized carbons (Fsp3) is 0.200. The number of halogens is 2. The number of anilines is 1. The van der Waals surface area contributed by atoms with Crippen LogP contribution in [0.3, 0.4) is 0 Å². The van der Waals surface area contributed by atoms with Crippen molar-refractivity contribution >= 4 is 5.69 Å². The SMILES string of the molecule is CCC(Nc1ccc(O)c(F)c1)c1ccc(F)cc1. The summed E-state index contributed by atoms with van der Waals surface area (Å²) in [6.45, 7) is 1.98. The molecule has 2 aromatic carbocycles. The van der Waals surface area contributed by atoms with E-state index in [0.29, 0.717) is 5.69 Å². The molecule has 0 bridgehead atoms. The molecule has 100 valence electrons. The second kappa shape index (κ2) is 5.69. The predicted octanol–water partition coefficient (Wildman–Crippen LogP) is 4.23. The number of rotatable bonds is 4. The van der Waals surface area contributed by atoms with E-state index in [-0.39, 0.29) is 17.6 Å². The fourth-order valence-electron chi connectivity index (χ4n) is 1.91. The summed E-state index contributed by atoms with van der Waals surface area (Å²) in [6.07, 6.45) is 0.772. The van der Waals surface area contributed by atoms with Crippen molar-refractivity contribution in [1.29, 1.82) is 0 Å². The highest BCUT2D eigenvalue weighted by Crippen LogP contribution is 2.25. The highest BCUT2D eigenvalue weighted by molar-refractivity contribution is 5.48. The number of aromatic hydroxyl groups is 1. The summed E-state index contributed by atoms with van der Waals surface area (Å²) >= 11 is 0. The highest BCUT2D eigenvalue weighted by atomic mass is 19.1. The van der Waals surface area contributed by atoms with Crippen molar-refractivity contribution in [2.45, 2.75) is 19.4 Å². The van der Waals surface area contributed by atoms with Crippen LogP contribution in [0.15, 0.2) is 42.5 Å². The maximum Gasteiger partial charge on any atom is 0.166 e. The Kier molecular flexibility index (Phi) is 4.00. The summed E-state index contributed by atoms with van der Waals surface area (Å²) in [5, 5.41) is 12.3. The summed E-state index contributed by atoms with van der Waals surface area (Å²) in [5.41, 5.74) is 1.50. The van der Waals surface area contributed by atoms with Crippen molar-refractivity contribution in [3.05, 3.63) is 59.7 Å². The maximum atomic E-state index is 13.2. The van der Waals surface area contributed by atoms with E-state index >= 15 is 0 Å². The molecule has 19 heavy (non-hydrogen) atoms. The van der Waals surface area contributed by atoms with E-state index in [1.165, 1.54) is 24.3 Å². The van der Waals surface area contributed by atoms with E-state index in [1.54, 1.807) is 18.2 Å². The zero-order valence-corrected chi connectivity index (χ0v) is 10.5. The molecule has 0 fully saturated rings. The van der Waals surface area contributed by atoms with E-state index in [4.69, 9.17) is 5.11 Å². The van der Waals surface area contributed by atoms with Crippen LogP contribution in [-0.4, -0.2) is 5.11 Å². The van der Waals surface area contributed by atoms with Crippen LogP contribution in [0.25, 0.3) is 0 Å². The minimum atomic E-state index is -0.668. The molecule has 2 N–H and O–H groups in total. The van der Waals surface area contributed by atoms with Gasteiger partial charge >= 0.3 is 0 Å². The molecule has 0 saturated carbocycles. The minimum absolute atomic E-state index is 0.0375. The molecule has 0 amide bonds. The number of benzene rings is 2. The molecule has 0 heterocycles. The lowest BCUT2D eigenvalue weighted by atomic mass is 10.0. The molecule has 1 unspecified atom stereocenters. The zero-order chi connectivity index (χ0) is 13.8. The van der Waals surface area contributed by atoms with E-state index < -0.39 is 5.82 Å². The van der Waals surface area contributed by atoms with Crippen LogP contribution < -0.4 is 5.32 Å². The number of phenolic OH excluding ortho intramolecular Hbond substituents is 1. The number of nitrogens with one attached hydrogen (secondary N) is 1. The third kappa shape index (κ3) is 3.22. The summed E-state index contributed by atoms with van der Waals surface area (Å²) in [5.74, 6) is -1.33. The normalized spacial score (nSPS) is 12.2. The van der Waals surface area contributed by atoms with Gasteiger partial charge in [0.15, 0.2) is 11.6 Å². The largest absolute Gasteiger partial charge is 0.505 e. The molecular weight excluding hydrogens is 248 g/mol. The third-order valence-electron chi connectivity index (χ3n) is 2.97. The molecule has 0 aromatic heterocycles. The van der Waals surface area contributed by atoms with E-state index in [0.717, 1.165) is 12.0 Å². The average molecular weight is 263 g/mol.